The van der Waals surface area contributed by atoms with Crippen molar-refractivity contribution in [1.29, 1.82) is 0 Å². The fraction of sp³-hybridized carbons (Fsp3) is 0.429. The van der Waals surface area contributed by atoms with Crippen LogP contribution in [0.2, 0.25) is 13.8 Å². The Kier molecular flexibility index (Phi) is 2.17. The summed E-state index contributed by atoms with van der Waals surface area (Å²) in [7, 11) is 0. The third-order valence-corrected chi connectivity index (χ3v) is 6.32. The monoisotopic (exact) mass is 215 g/mol. The second-order valence-corrected chi connectivity index (χ2v) is 10.4. The SMILES string of the molecule is [CH3][Sn]([CH3])[CH]1C=CC=C1. The molecule has 0 amide bonds. The first-order valence-corrected chi connectivity index (χ1v) is 10.3. The average molecular weight is 214 g/mol. The van der Waals surface area contributed by atoms with Crippen molar-refractivity contribution in [3.05, 3.63) is 24.3 Å². The Morgan fingerprint density at radius 1 is 1.12 bits per heavy atom. The maximum absolute atomic E-state index is 2.44. The summed E-state index contributed by atoms with van der Waals surface area (Å²) in [5.41, 5.74) is 0. The average Bonchev–Trinajstić information content (AvgIpc) is 2.12. The van der Waals surface area contributed by atoms with Crippen molar-refractivity contribution in [3.63, 3.8) is 0 Å². The van der Waals surface area contributed by atoms with E-state index in [1.165, 1.54) is 0 Å². The van der Waals surface area contributed by atoms with E-state index >= 15 is 0 Å². The van der Waals surface area contributed by atoms with Crippen LogP contribution in [0.5, 0.6) is 0 Å². The molecule has 43 valence electrons. The van der Waals surface area contributed by atoms with E-state index < -0.39 is 19.8 Å². The summed E-state index contributed by atoms with van der Waals surface area (Å²) in [6.07, 6.45) is 8.99. The van der Waals surface area contributed by atoms with Gasteiger partial charge in [-0.25, -0.2) is 0 Å². The van der Waals surface area contributed by atoms with E-state index in [0.29, 0.717) is 0 Å². The molecule has 1 aliphatic rings. The zero-order chi connectivity index (χ0) is 5.98. The van der Waals surface area contributed by atoms with Crippen LogP contribution in [0.4, 0.5) is 0 Å². The van der Waals surface area contributed by atoms with Gasteiger partial charge in [-0.15, -0.1) is 0 Å². The van der Waals surface area contributed by atoms with E-state index in [9.17, 15) is 0 Å². The fourth-order valence-electron chi connectivity index (χ4n) is 0.817. The van der Waals surface area contributed by atoms with Crippen LogP contribution in [0, 0.1) is 0 Å². The van der Waals surface area contributed by atoms with Crippen LogP contribution in [0.1, 0.15) is 0 Å². The first-order valence-electron chi connectivity index (χ1n) is 2.96. The van der Waals surface area contributed by atoms with Gasteiger partial charge >= 0.3 is 57.9 Å². The molecule has 0 nitrogen and oxygen atoms in total. The van der Waals surface area contributed by atoms with Gasteiger partial charge < -0.3 is 0 Å². The third-order valence-electron chi connectivity index (χ3n) is 1.41. The molecule has 0 aliphatic heterocycles. The van der Waals surface area contributed by atoms with Gasteiger partial charge in [-0.1, -0.05) is 0 Å². The van der Waals surface area contributed by atoms with E-state index in [2.05, 4.69) is 34.2 Å². The maximum atomic E-state index is 2.44. The summed E-state index contributed by atoms with van der Waals surface area (Å²) in [4.78, 5) is 4.87. The number of allylic oxidation sites excluding steroid dienone is 4. The Labute approximate surface area is 58.0 Å². The Bertz CT molecular complexity index is 110. The molecule has 0 saturated carbocycles. The third kappa shape index (κ3) is 1.38. The first kappa shape index (κ1) is 6.40. The normalized spacial score (nSPS) is 18.9. The summed E-state index contributed by atoms with van der Waals surface area (Å²) >= 11 is -0.881. The number of rotatable bonds is 1. The van der Waals surface area contributed by atoms with Crippen LogP contribution in [-0.2, 0) is 0 Å². The van der Waals surface area contributed by atoms with Crippen LogP contribution in [0.25, 0.3) is 0 Å². The second-order valence-electron chi connectivity index (χ2n) is 2.37. The summed E-state index contributed by atoms with van der Waals surface area (Å²) in [6, 6.07) is 0. The van der Waals surface area contributed by atoms with Gasteiger partial charge in [0, 0.05) is 0 Å². The quantitative estimate of drug-likeness (QED) is 0.587. The molecule has 0 fully saturated rings. The van der Waals surface area contributed by atoms with Crippen molar-refractivity contribution in [3.8, 4) is 0 Å². The molecule has 1 radical (unpaired) electrons. The van der Waals surface area contributed by atoms with E-state index in [1.807, 2.05) is 0 Å². The molecular formula is C7H11Sn. The summed E-state index contributed by atoms with van der Waals surface area (Å²) in [6.45, 7) is 0. The molecule has 0 aromatic carbocycles. The van der Waals surface area contributed by atoms with Gasteiger partial charge in [-0.2, -0.15) is 0 Å². The van der Waals surface area contributed by atoms with Crippen molar-refractivity contribution < 1.29 is 0 Å². The van der Waals surface area contributed by atoms with Gasteiger partial charge in [0.25, 0.3) is 0 Å². The Morgan fingerprint density at radius 2 is 1.62 bits per heavy atom. The van der Waals surface area contributed by atoms with Crippen LogP contribution in [0.15, 0.2) is 24.3 Å². The van der Waals surface area contributed by atoms with Crippen molar-refractivity contribution >= 4 is 19.8 Å². The standard InChI is InChI=1S/C5H5.2CH3.Sn/c1-2-4-5-3-1;;;/h1-5H;2*1H3;. The number of hydrogen-bond acceptors (Lipinski definition) is 0. The van der Waals surface area contributed by atoms with Gasteiger partial charge in [0.2, 0.25) is 0 Å². The molecule has 8 heavy (non-hydrogen) atoms. The fourth-order valence-corrected chi connectivity index (χ4v) is 3.65. The van der Waals surface area contributed by atoms with Crippen LogP contribution in [0.3, 0.4) is 0 Å². The molecule has 0 saturated heterocycles. The predicted octanol–water partition coefficient (Wildman–Crippen LogP) is 2.24. The zero-order valence-corrected chi connectivity index (χ0v) is 8.24. The van der Waals surface area contributed by atoms with Gasteiger partial charge in [-0.3, -0.25) is 0 Å². The van der Waals surface area contributed by atoms with Crippen LogP contribution in [-0.4, -0.2) is 19.8 Å². The molecular weight excluding hydrogens is 203 g/mol. The van der Waals surface area contributed by atoms with E-state index in [-0.39, 0.29) is 0 Å². The summed E-state index contributed by atoms with van der Waals surface area (Å²) in [5.74, 6) is 0. The predicted molar refractivity (Wildman–Crippen MR) is 39.5 cm³/mol. The van der Waals surface area contributed by atoms with Crippen LogP contribution < -0.4 is 0 Å². The molecule has 1 aliphatic carbocycles. The molecule has 0 bridgehead atoms. The zero-order valence-electron chi connectivity index (χ0n) is 5.39. The van der Waals surface area contributed by atoms with Gasteiger partial charge in [0.15, 0.2) is 0 Å². The second kappa shape index (κ2) is 2.72. The summed E-state index contributed by atoms with van der Waals surface area (Å²) < 4.78 is 0.900. The van der Waals surface area contributed by atoms with Crippen LogP contribution >= 0.6 is 0 Å². The topological polar surface area (TPSA) is 0 Å². The Balaban J connectivity index is 2.49. The summed E-state index contributed by atoms with van der Waals surface area (Å²) in [5, 5.41) is 0. The van der Waals surface area contributed by atoms with E-state index in [1.54, 1.807) is 0 Å². The molecule has 0 unspecified atom stereocenters. The first-order chi connectivity index (χ1) is 3.80. The Hall–Kier alpha value is 0.279. The minimum absolute atomic E-state index is 0.881. The molecule has 0 N–H and O–H groups in total. The molecule has 0 spiro atoms. The molecule has 0 heterocycles. The van der Waals surface area contributed by atoms with Gasteiger partial charge in [-0.05, 0) is 0 Å². The Morgan fingerprint density at radius 3 is 1.88 bits per heavy atom. The van der Waals surface area contributed by atoms with Gasteiger partial charge in [0.1, 0.15) is 0 Å². The molecule has 1 rings (SSSR count). The van der Waals surface area contributed by atoms with E-state index in [0.717, 1.165) is 3.93 Å². The molecule has 0 aromatic rings. The molecule has 0 atom stereocenters. The molecule has 1 heteroatoms. The number of hydrogen-bond donors (Lipinski definition) is 0. The van der Waals surface area contributed by atoms with Crippen molar-refractivity contribution in [2.24, 2.45) is 0 Å². The molecule has 0 aromatic heterocycles. The van der Waals surface area contributed by atoms with E-state index in [4.69, 9.17) is 0 Å². The van der Waals surface area contributed by atoms with Gasteiger partial charge in [0.05, 0.1) is 0 Å². The van der Waals surface area contributed by atoms with Crippen molar-refractivity contribution in [2.75, 3.05) is 0 Å². The minimum atomic E-state index is -0.881. The van der Waals surface area contributed by atoms with Crippen molar-refractivity contribution in [1.82, 2.24) is 0 Å². The van der Waals surface area contributed by atoms with Crippen molar-refractivity contribution in [2.45, 2.75) is 13.8 Å².